The number of rotatable bonds is 5. The molecular formula is C12H21N3O. The quantitative estimate of drug-likeness (QED) is 0.766. The normalized spacial score (nSPS) is 21.2. The van der Waals surface area contributed by atoms with Crippen LogP contribution in [0.1, 0.15) is 25.1 Å². The van der Waals surface area contributed by atoms with Crippen molar-refractivity contribution in [1.29, 1.82) is 0 Å². The highest BCUT2D eigenvalue weighted by Crippen LogP contribution is 2.11. The van der Waals surface area contributed by atoms with Gasteiger partial charge in [-0.15, -0.1) is 0 Å². The van der Waals surface area contributed by atoms with Crippen LogP contribution < -0.4 is 5.32 Å². The minimum Gasteiger partial charge on any atom is -0.377 e. The summed E-state index contributed by atoms with van der Waals surface area (Å²) in [5.41, 5.74) is 0. The second-order valence-corrected chi connectivity index (χ2v) is 4.36. The van der Waals surface area contributed by atoms with Gasteiger partial charge in [-0.2, -0.15) is 0 Å². The van der Waals surface area contributed by atoms with Gasteiger partial charge in [-0.05, 0) is 26.2 Å². The predicted molar refractivity (Wildman–Crippen MR) is 63.4 cm³/mol. The van der Waals surface area contributed by atoms with Crippen LogP contribution in [-0.4, -0.2) is 35.4 Å². The number of ether oxygens (including phenoxy) is 1. The van der Waals surface area contributed by atoms with Gasteiger partial charge in [-0.1, -0.05) is 0 Å². The fourth-order valence-corrected chi connectivity index (χ4v) is 2.07. The fraction of sp³-hybridized carbons (Fsp3) is 0.750. The number of nitrogens with one attached hydrogen (secondary N) is 1. The topological polar surface area (TPSA) is 39.1 Å². The van der Waals surface area contributed by atoms with Crippen molar-refractivity contribution < 1.29 is 4.74 Å². The van der Waals surface area contributed by atoms with E-state index >= 15 is 0 Å². The molecule has 1 aromatic heterocycles. The molecule has 2 rings (SSSR count). The van der Waals surface area contributed by atoms with Crippen LogP contribution in [0.25, 0.3) is 0 Å². The second-order valence-electron chi connectivity index (χ2n) is 4.36. The Labute approximate surface area is 97.0 Å². The monoisotopic (exact) mass is 223 g/mol. The van der Waals surface area contributed by atoms with Crippen molar-refractivity contribution in [1.82, 2.24) is 14.9 Å². The lowest BCUT2D eigenvalue weighted by molar-refractivity contribution is 0.0169. The average molecular weight is 223 g/mol. The number of aromatic nitrogens is 2. The van der Waals surface area contributed by atoms with Crippen molar-refractivity contribution in [3.8, 4) is 0 Å². The predicted octanol–water partition coefficient (Wildman–Crippen LogP) is 1.35. The van der Waals surface area contributed by atoms with Crippen LogP contribution in [0.5, 0.6) is 0 Å². The highest BCUT2D eigenvalue weighted by Gasteiger charge is 2.12. The summed E-state index contributed by atoms with van der Waals surface area (Å²) >= 11 is 0. The molecule has 0 spiro atoms. The third-order valence-corrected chi connectivity index (χ3v) is 3.10. The van der Waals surface area contributed by atoms with Crippen molar-refractivity contribution >= 4 is 0 Å². The molecule has 1 aliphatic heterocycles. The van der Waals surface area contributed by atoms with E-state index in [1.165, 1.54) is 19.3 Å². The van der Waals surface area contributed by atoms with E-state index in [9.17, 15) is 0 Å². The zero-order valence-electron chi connectivity index (χ0n) is 9.98. The lowest BCUT2D eigenvalue weighted by Gasteiger charge is -2.22. The summed E-state index contributed by atoms with van der Waals surface area (Å²) in [5.74, 6) is 1.08. The first-order chi connectivity index (χ1) is 7.86. The van der Waals surface area contributed by atoms with Gasteiger partial charge in [0.25, 0.3) is 0 Å². The summed E-state index contributed by atoms with van der Waals surface area (Å²) in [6.45, 7) is 5.92. The van der Waals surface area contributed by atoms with E-state index in [-0.39, 0.29) is 0 Å². The van der Waals surface area contributed by atoms with Crippen LogP contribution in [0.4, 0.5) is 0 Å². The molecule has 4 heteroatoms. The van der Waals surface area contributed by atoms with Gasteiger partial charge in [0.05, 0.1) is 6.10 Å². The maximum absolute atomic E-state index is 5.66. The molecule has 0 amide bonds. The molecule has 1 fully saturated rings. The van der Waals surface area contributed by atoms with Crippen LogP contribution in [0.2, 0.25) is 0 Å². The number of imidazole rings is 1. The second kappa shape index (κ2) is 6.01. The van der Waals surface area contributed by atoms with Crippen molar-refractivity contribution in [2.45, 2.75) is 38.8 Å². The molecule has 1 N–H and O–H groups in total. The van der Waals surface area contributed by atoms with E-state index in [2.05, 4.69) is 14.9 Å². The first-order valence-corrected chi connectivity index (χ1v) is 6.16. The van der Waals surface area contributed by atoms with Crippen molar-refractivity contribution in [2.24, 2.45) is 0 Å². The van der Waals surface area contributed by atoms with Gasteiger partial charge in [0.1, 0.15) is 5.82 Å². The Morgan fingerprint density at radius 3 is 3.19 bits per heavy atom. The standard InChI is InChI=1S/C12H21N3O/c1-11-14-6-8-15(11)7-5-13-10-12-4-2-3-9-16-12/h6,8,12-13H,2-5,7,9-10H2,1H3. The number of hydrogen-bond acceptors (Lipinski definition) is 3. The molecule has 0 bridgehead atoms. The number of aryl methyl sites for hydroxylation is 1. The summed E-state index contributed by atoms with van der Waals surface area (Å²) in [4.78, 5) is 4.20. The molecule has 4 nitrogen and oxygen atoms in total. The SMILES string of the molecule is Cc1nccn1CCNCC1CCCCO1. The van der Waals surface area contributed by atoms with Crippen molar-refractivity contribution in [3.63, 3.8) is 0 Å². The summed E-state index contributed by atoms with van der Waals surface area (Å²) < 4.78 is 7.82. The van der Waals surface area contributed by atoms with Gasteiger partial charge in [0.2, 0.25) is 0 Å². The molecule has 0 aliphatic carbocycles. The number of hydrogen-bond donors (Lipinski definition) is 1. The third kappa shape index (κ3) is 3.32. The molecule has 0 saturated carbocycles. The Morgan fingerprint density at radius 1 is 1.56 bits per heavy atom. The molecule has 1 unspecified atom stereocenters. The van der Waals surface area contributed by atoms with Crippen LogP contribution in [-0.2, 0) is 11.3 Å². The van der Waals surface area contributed by atoms with Crippen LogP contribution >= 0.6 is 0 Å². The Hall–Kier alpha value is -0.870. The smallest absolute Gasteiger partial charge is 0.105 e. The van der Waals surface area contributed by atoms with Gasteiger partial charge < -0.3 is 14.6 Å². The van der Waals surface area contributed by atoms with Gasteiger partial charge in [-0.25, -0.2) is 4.98 Å². The molecule has 2 heterocycles. The van der Waals surface area contributed by atoms with Crippen LogP contribution in [0.3, 0.4) is 0 Å². The minimum absolute atomic E-state index is 0.428. The summed E-state index contributed by atoms with van der Waals surface area (Å²) in [5, 5.41) is 3.45. The maximum Gasteiger partial charge on any atom is 0.105 e. The molecule has 0 aromatic carbocycles. The van der Waals surface area contributed by atoms with E-state index < -0.39 is 0 Å². The van der Waals surface area contributed by atoms with Crippen molar-refractivity contribution in [3.05, 3.63) is 18.2 Å². The van der Waals surface area contributed by atoms with E-state index in [1.54, 1.807) is 0 Å². The maximum atomic E-state index is 5.66. The molecule has 0 radical (unpaired) electrons. The Bertz CT molecular complexity index is 305. The van der Waals surface area contributed by atoms with Crippen molar-refractivity contribution in [2.75, 3.05) is 19.7 Å². The van der Waals surface area contributed by atoms with Gasteiger partial charge in [0.15, 0.2) is 0 Å². The molecule has 1 aromatic rings. The molecule has 90 valence electrons. The van der Waals surface area contributed by atoms with Crippen LogP contribution in [0, 0.1) is 6.92 Å². The molecule has 1 atom stereocenters. The first-order valence-electron chi connectivity index (χ1n) is 6.16. The Morgan fingerprint density at radius 2 is 2.50 bits per heavy atom. The molecule has 1 saturated heterocycles. The lowest BCUT2D eigenvalue weighted by Crippen LogP contribution is -2.33. The zero-order valence-corrected chi connectivity index (χ0v) is 9.98. The van der Waals surface area contributed by atoms with E-state index in [0.717, 1.165) is 32.1 Å². The first kappa shape index (κ1) is 11.6. The Balaban J connectivity index is 1.59. The van der Waals surface area contributed by atoms with E-state index in [0.29, 0.717) is 6.10 Å². The molecule has 16 heavy (non-hydrogen) atoms. The van der Waals surface area contributed by atoms with Crippen LogP contribution in [0.15, 0.2) is 12.4 Å². The third-order valence-electron chi connectivity index (χ3n) is 3.10. The van der Waals surface area contributed by atoms with Gasteiger partial charge >= 0.3 is 0 Å². The fourth-order valence-electron chi connectivity index (χ4n) is 2.07. The summed E-state index contributed by atoms with van der Waals surface area (Å²) in [7, 11) is 0. The summed E-state index contributed by atoms with van der Waals surface area (Å²) in [6, 6.07) is 0. The lowest BCUT2D eigenvalue weighted by atomic mass is 10.1. The number of nitrogens with zero attached hydrogens (tertiary/aromatic N) is 2. The largest absolute Gasteiger partial charge is 0.377 e. The Kier molecular flexibility index (Phi) is 4.36. The minimum atomic E-state index is 0.428. The molecular weight excluding hydrogens is 202 g/mol. The summed E-state index contributed by atoms with van der Waals surface area (Å²) in [6.07, 6.45) is 8.04. The van der Waals surface area contributed by atoms with E-state index in [4.69, 9.17) is 4.74 Å². The highest BCUT2D eigenvalue weighted by molar-refractivity contribution is 4.88. The average Bonchev–Trinajstić information content (AvgIpc) is 2.72. The zero-order chi connectivity index (χ0) is 11.2. The highest BCUT2D eigenvalue weighted by atomic mass is 16.5. The molecule has 1 aliphatic rings. The van der Waals surface area contributed by atoms with Gasteiger partial charge in [0, 0.05) is 38.6 Å². The van der Waals surface area contributed by atoms with E-state index in [1.807, 2.05) is 19.3 Å². The van der Waals surface area contributed by atoms with Gasteiger partial charge in [-0.3, -0.25) is 0 Å².